The van der Waals surface area contributed by atoms with E-state index in [4.69, 9.17) is 0 Å². The number of hydrogen-bond acceptors (Lipinski definition) is 4. The molecule has 0 heterocycles. The van der Waals surface area contributed by atoms with E-state index in [-0.39, 0.29) is 11.3 Å². The average Bonchev–Trinajstić information content (AvgIpc) is 2.52. The molecule has 0 radical (unpaired) electrons. The van der Waals surface area contributed by atoms with Crippen molar-refractivity contribution in [2.45, 2.75) is 24.7 Å². The van der Waals surface area contributed by atoms with Gasteiger partial charge in [0.1, 0.15) is 0 Å². The van der Waals surface area contributed by atoms with E-state index < -0.39 is 28.5 Å². The molecule has 2 unspecified atom stereocenters. The fourth-order valence-electron chi connectivity index (χ4n) is 2.59. The maximum atomic E-state index is 11.5. The molecule has 4 nitrogen and oxygen atoms in total. The highest BCUT2D eigenvalue weighted by Crippen LogP contribution is 2.50. The fourth-order valence-corrected chi connectivity index (χ4v) is 7.74. The van der Waals surface area contributed by atoms with Gasteiger partial charge in [0.2, 0.25) is 20.6 Å². The molecule has 0 aliphatic heterocycles. The van der Waals surface area contributed by atoms with Gasteiger partial charge in [0.15, 0.2) is 0 Å². The van der Waals surface area contributed by atoms with Crippen LogP contribution in [0.2, 0.25) is 0 Å². The molecule has 2 rings (SSSR count). The first-order valence-electron chi connectivity index (χ1n) is 6.94. The Morgan fingerprint density at radius 3 is 1.68 bits per heavy atom. The third-order valence-corrected chi connectivity index (χ3v) is 8.69. The van der Waals surface area contributed by atoms with Crippen molar-refractivity contribution < 1.29 is 16.8 Å². The number of rotatable bonds is 4. The first kappa shape index (κ1) is 17.1. The van der Waals surface area contributed by atoms with Crippen molar-refractivity contribution in [1.29, 1.82) is 0 Å². The normalized spacial score (nSPS) is 24.6. The highest BCUT2D eigenvalue weighted by atomic mass is 32.2. The van der Waals surface area contributed by atoms with Crippen LogP contribution in [0.25, 0.3) is 0 Å². The Bertz CT molecular complexity index is 743. The fraction of sp³-hybridized carbons (Fsp3) is 0.333. The van der Waals surface area contributed by atoms with Crippen molar-refractivity contribution in [3.63, 3.8) is 0 Å². The molecule has 118 valence electrons. The predicted molar refractivity (Wildman–Crippen MR) is 94.1 cm³/mol. The van der Waals surface area contributed by atoms with Crippen LogP contribution in [0.5, 0.6) is 0 Å². The predicted octanol–water partition coefficient (Wildman–Crippen LogP) is 1.97. The van der Waals surface area contributed by atoms with Gasteiger partial charge in [-0.3, -0.25) is 0 Å². The highest BCUT2D eigenvalue weighted by molar-refractivity contribution is 7.77. The van der Waals surface area contributed by atoms with Crippen molar-refractivity contribution in [2.24, 2.45) is 0 Å². The Kier molecular flexibility index (Phi) is 6.12. The largest absolute Gasteiger partial charge is 0.218 e. The second kappa shape index (κ2) is 7.86. The molecule has 0 N–H and O–H groups in total. The summed E-state index contributed by atoms with van der Waals surface area (Å²) < 4.78 is 46.0. The van der Waals surface area contributed by atoms with Crippen LogP contribution in [0.4, 0.5) is 0 Å². The van der Waals surface area contributed by atoms with Gasteiger partial charge in [-0.1, -0.05) is 57.7 Å². The molecule has 0 saturated heterocycles. The van der Waals surface area contributed by atoms with E-state index >= 15 is 0 Å². The highest BCUT2D eigenvalue weighted by Gasteiger charge is 2.32. The molecule has 0 aromatic heterocycles. The first-order valence-corrected chi connectivity index (χ1v) is 10.8. The van der Waals surface area contributed by atoms with Crippen LogP contribution in [0.15, 0.2) is 48.6 Å². The molecule has 0 saturated carbocycles. The Balaban J connectivity index is 2.51. The van der Waals surface area contributed by atoms with Gasteiger partial charge in [-0.25, -0.2) is 0 Å². The lowest BCUT2D eigenvalue weighted by Gasteiger charge is -2.32. The lowest BCUT2D eigenvalue weighted by Crippen LogP contribution is -2.28. The zero-order valence-corrected chi connectivity index (χ0v) is 14.6. The molecule has 7 heteroatoms. The zero-order chi connectivity index (χ0) is 16.1. The van der Waals surface area contributed by atoms with Gasteiger partial charge in [-0.05, 0) is 18.3 Å². The summed E-state index contributed by atoms with van der Waals surface area (Å²) >= 11 is 0. The molecule has 0 aromatic carbocycles. The summed E-state index contributed by atoms with van der Waals surface area (Å²) in [5.74, 6) is 0. The molecule has 0 bridgehead atoms. The van der Waals surface area contributed by atoms with Crippen LogP contribution in [0, 0.1) is 0 Å². The zero-order valence-electron chi connectivity index (χ0n) is 12.1. The summed E-state index contributed by atoms with van der Waals surface area (Å²) in [6.07, 6.45) is 15.7. The molecule has 0 spiro atoms. The molecule has 2 aliphatic rings. The van der Waals surface area contributed by atoms with Crippen molar-refractivity contribution in [3.05, 3.63) is 48.6 Å². The maximum absolute atomic E-state index is 11.5. The summed E-state index contributed by atoms with van der Waals surface area (Å²) in [4.78, 5) is 0.696. The van der Waals surface area contributed by atoms with Gasteiger partial charge in [-0.15, -0.1) is 0 Å². The molecule has 0 aromatic rings. The molecule has 22 heavy (non-hydrogen) atoms. The van der Waals surface area contributed by atoms with Crippen LogP contribution >= 0.6 is 7.92 Å². The third kappa shape index (κ3) is 3.75. The van der Waals surface area contributed by atoms with Gasteiger partial charge in [0.05, 0.1) is 9.73 Å². The van der Waals surface area contributed by atoms with Crippen LogP contribution in [0.3, 0.4) is 0 Å². The smallest absolute Gasteiger partial charge is 0.184 e. The average molecular weight is 356 g/mol. The Hall–Kier alpha value is -1.23. The van der Waals surface area contributed by atoms with Crippen molar-refractivity contribution in [3.8, 4) is 0 Å². The van der Waals surface area contributed by atoms with Crippen LogP contribution in [0.1, 0.15) is 13.3 Å². The van der Waals surface area contributed by atoms with E-state index in [2.05, 4.69) is 0 Å². The number of hydrogen-bond donors (Lipinski definition) is 0. The van der Waals surface area contributed by atoms with Crippen LogP contribution in [-0.2, 0) is 20.6 Å². The van der Waals surface area contributed by atoms with Gasteiger partial charge < -0.3 is 0 Å². The summed E-state index contributed by atoms with van der Waals surface area (Å²) in [7, 11) is -5.46. The molecule has 2 aliphatic carbocycles. The van der Waals surface area contributed by atoms with E-state index in [0.717, 1.165) is 12.6 Å². The summed E-state index contributed by atoms with van der Waals surface area (Å²) in [6.45, 7) is 2.03. The van der Waals surface area contributed by atoms with Crippen molar-refractivity contribution >= 4 is 38.2 Å². The lowest BCUT2D eigenvalue weighted by molar-refractivity contribution is 0.625. The molecule has 0 amide bonds. The monoisotopic (exact) mass is 356 g/mol. The molecular weight excluding hydrogens is 339 g/mol. The minimum atomic E-state index is -2.29. The number of allylic oxidation sites excluding steroid dienone is 8. The Morgan fingerprint density at radius 1 is 0.864 bits per heavy atom. The van der Waals surface area contributed by atoms with Gasteiger partial charge >= 0.3 is 0 Å². The SMILES string of the molecule is CCCP(C1C=CC=CC1=S(=O)=O)C1C=CC=CC1=S(=O)=O. The Labute approximate surface area is 134 Å². The topological polar surface area (TPSA) is 68.3 Å². The van der Waals surface area contributed by atoms with Crippen molar-refractivity contribution in [2.75, 3.05) is 6.16 Å². The van der Waals surface area contributed by atoms with E-state index in [1.807, 2.05) is 31.2 Å². The molecular formula is C15H17O4PS2. The molecule has 0 fully saturated rings. The minimum Gasteiger partial charge on any atom is -0.184 e. The van der Waals surface area contributed by atoms with Crippen LogP contribution < -0.4 is 0 Å². The Morgan fingerprint density at radius 2 is 1.32 bits per heavy atom. The maximum Gasteiger partial charge on any atom is 0.218 e. The quantitative estimate of drug-likeness (QED) is 0.570. The van der Waals surface area contributed by atoms with Gasteiger partial charge in [-0.2, -0.15) is 16.8 Å². The van der Waals surface area contributed by atoms with Crippen LogP contribution in [-0.4, -0.2) is 44.0 Å². The summed E-state index contributed by atoms with van der Waals surface area (Å²) in [6, 6.07) is 0. The van der Waals surface area contributed by atoms with Crippen molar-refractivity contribution in [1.82, 2.24) is 0 Å². The third-order valence-electron chi connectivity index (χ3n) is 3.49. The standard InChI is InChI=1S/C15H17O4PS2/c1-2-11-20(12-7-3-5-9-14(12)21(16)17)13-8-4-6-10-15(13)22(18)19/h3-10,12-13H,2,11H2,1H3. The minimum absolute atomic E-state index is 0.238. The van der Waals surface area contributed by atoms with E-state index in [9.17, 15) is 16.8 Å². The second-order valence-electron chi connectivity index (χ2n) is 4.89. The van der Waals surface area contributed by atoms with E-state index in [0.29, 0.717) is 9.73 Å². The summed E-state index contributed by atoms with van der Waals surface area (Å²) in [5.41, 5.74) is -0.476. The summed E-state index contributed by atoms with van der Waals surface area (Å²) in [5, 5.41) is 0. The van der Waals surface area contributed by atoms with E-state index in [1.54, 1.807) is 24.3 Å². The van der Waals surface area contributed by atoms with Gasteiger partial charge in [0.25, 0.3) is 0 Å². The first-order chi connectivity index (χ1) is 10.6. The lowest BCUT2D eigenvalue weighted by atomic mass is 10.2. The van der Waals surface area contributed by atoms with E-state index in [1.165, 1.54) is 0 Å². The van der Waals surface area contributed by atoms with Gasteiger partial charge in [0, 0.05) is 11.3 Å². The molecule has 2 atom stereocenters. The second-order valence-corrected chi connectivity index (χ2v) is 9.36.